The van der Waals surface area contributed by atoms with E-state index in [1.807, 2.05) is 0 Å². The van der Waals surface area contributed by atoms with Crippen LogP contribution in [-0.2, 0) is 4.79 Å². The highest BCUT2D eigenvalue weighted by atomic mass is 35.5. The zero-order valence-electron chi connectivity index (χ0n) is 19.2. The lowest BCUT2D eigenvalue weighted by Crippen LogP contribution is -2.33. The number of aliphatic hydroxyl groups is 1. The van der Waals surface area contributed by atoms with Crippen LogP contribution < -0.4 is 15.1 Å². The highest BCUT2D eigenvalue weighted by Crippen LogP contribution is 2.34. The fourth-order valence-electron chi connectivity index (χ4n) is 2.72. The molecule has 0 bridgehead atoms. The first-order valence-corrected chi connectivity index (χ1v) is 10.7. The summed E-state index contributed by atoms with van der Waals surface area (Å²) in [6.45, 7) is 2.06. The molecule has 2 N–H and O–H groups in total. The van der Waals surface area contributed by atoms with Crippen LogP contribution >= 0.6 is 11.6 Å². The quantitative estimate of drug-likeness (QED) is 0.163. The van der Waals surface area contributed by atoms with Crippen molar-refractivity contribution in [1.82, 2.24) is 4.90 Å². The molecule has 0 radical (unpaired) electrons. The fraction of sp³-hybridized carbons (Fsp3) is 0.318. The molecule has 0 fully saturated rings. The number of likely N-dealkylation sites (N-methyl/N-ethyl adjacent to an activating group) is 1. The Balaban J connectivity index is 2.62. The molecule has 2 amide bonds. The Hall–Kier alpha value is -3.45. The van der Waals surface area contributed by atoms with Crippen molar-refractivity contribution in [1.29, 1.82) is 0 Å². The third-order valence-electron chi connectivity index (χ3n) is 4.89. The molecular formula is C22H22ClF5N4O4. The fourth-order valence-corrected chi connectivity index (χ4v) is 2.93. The summed E-state index contributed by atoms with van der Waals surface area (Å²) in [5.74, 6) is -4.28. The largest absolute Gasteiger partial charge is 0.480 e. The first-order valence-electron chi connectivity index (χ1n) is 10.3. The first kappa shape index (κ1) is 28.8. The van der Waals surface area contributed by atoms with Gasteiger partial charge in [0.2, 0.25) is 6.41 Å². The summed E-state index contributed by atoms with van der Waals surface area (Å²) in [6.07, 6.45) is -7.27. The van der Waals surface area contributed by atoms with Crippen molar-refractivity contribution in [2.75, 3.05) is 30.5 Å². The van der Waals surface area contributed by atoms with Gasteiger partial charge in [-0.15, -0.1) is 5.10 Å². The molecule has 196 valence electrons. The number of para-hydroxylation sites is 1. The van der Waals surface area contributed by atoms with Crippen LogP contribution in [0.25, 0.3) is 0 Å². The minimum atomic E-state index is -4.87. The summed E-state index contributed by atoms with van der Waals surface area (Å²) in [7, 11) is 1.52. The lowest BCUT2D eigenvalue weighted by Gasteiger charge is -2.23. The molecule has 0 spiro atoms. The average molecular weight is 537 g/mol. The Bertz CT molecular complexity index is 1130. The van der Waals surface area contributed by atoms with Gasteiger partial charge in [0.1, 0.15) is 29.7 Å². The van der Waals surface area contributed by atoms with Crippen molar-refractivity contribution in [3.63, 3.8) is 0 Å². The second kappa shape index (κ2) is 12.0. The van der Waals surface area contributed by atoms with Crippen LogP contribution in [0.3, 0.4) is 0 Å². The Labute approximate surface area is 207 Å². The summed E-state index contributed by atoms with van der Waals surface area (Å²) in [4.78, 5) is 25.9. The Morgan fingerprint density at radius 2 is 1.94 bits per heavy atom. The van der Waals surface area contributed by atoms with E-state index in [0.29, 0.717) is 30.6 Å². The van der Waals surface area contributed by atoms with Gasteiger partial charge in [0, 0.05) is 19.7 Å². The number of amides is 2. The zero-order chi connectivity index (χ0) is 27.2. The summed E-state index contributed by atoms with van der Waals surface area (Å²) in [6, 6.07) is 4.65. The number of hydrazone groups is 1. The molecule has 2 aromatic rings. The molecule has 0 saturated carbocycles. The first-order chi connectivity index (χ1) is 16.8. The molecule has 2 aromatic carbocycles. The Morgan fingerprint density at radius 3 is 2.47 bits per heavy atom. The van der Waals surface area contributed by atoms with Gasteiger partial charge in [-0.25, -0.2) is 8.78 Å². The van der Waals surface area contributed by atoms with Gasteiger partial charge in [0.25, 0.3) is 5.91 Å². The number of carbonyl (C=O) groups excluding carboxylic acids is 2. The average Bonchev–Trinajstić information content (AvgIpc) is 2.82. The number of aliphatic hydroxyl groups excluding tert-OH is 1. The Morgan fingerprint density at radius 1 is 1.28 bits per heavy atom. The van der Waals surface area contributed by atoms with E-state index in [0.717, 1.165) is 6.07 Å². The zero-order valence-corrected chi connectivity index (χ0v) is 20.0. The molecule has 1 atom stereocenters. The van der Waals surface area contributed by atoms with E-state index in [1.165, 1.54) is 24.1 Å². The predicted octanol–water partition coefficient (Wildman–Crippen LogP) is 4.42. The molecule has 8 nitrogen and oxygen atoms in total. The van der Waals surface area contributed by atoms with E-state index < -0.39 is 59.1 Å². The molecule has 2 rings (SSSR count). The summed E-state index contributed by atoms with van der Waals surface area (Å²) < 4.78 is 73.6. The number of carbonyl (C=O) groups is 2. The Kier molecular flexibility index (Phi) is 9.59. The molecule has 0 saturated heterocycles. The van der Waals surface area contributed by atoms with Crippen molar-refractivity contribution in [2.24, 2.45) is 5.10 Å². The second-order valence-electron chi connectivity index (χ2n) is 7.29. The SMILES string of the molecule is CCN(C)/C(CO)=N\N(C=O)c1cc(OC(C)C(F)(F)F)c(C(=O)Nc2c(F)cccc2Cl)cc1F. The van der Waals surface area contributed by atoms with Crippen molar-refractivity contribution in [3.05, 3.63) is 52.6 Å². The molecule has 1 unspecified atom stereocenters. The van der Waals surface area contributed by atoms with Crippen LogP contribution in [0.4, 0.5) is 33.3 Å². The number of hydrogen-bond donors (Lipinski definition) is 2. The normalized spacial score (nSPS) is 12.7. The number of ether oxygens (including phenoxy) is 1. The smallest absolute Gasteiger partial charge is 0.425 e. The third kappa shape index (κ3) is 6.82. The number of benzene rings is 2. The lowest BCUT2D eigenvalue weighted by atomic mass is 10.1. The van der Waals surface area contributed by atoms with Crippen molar-refractivity contribution >= 4 is 41.1 Å². The number of anilines is 2. The maximum atomic E-state index is 15.0. The van der Waals surface area contributed by atoms with Crippen molar-refractivity contribution in [2.45, 2.75) is 26.1 Å². The van der Waals surface area contributed by atoms with E-state index in [9.17, 15) is 32.3 Å². The number of nitrogens with zero attached hydrogens (tertiary/aromatic N) is 3. The maximum absolute atomic E-state index is 15.0. The number of halogens is 6. The molecule has 14 heteroatoms. The monoisotopic (exact) mass is 536 g/mol. The number of alkyl halides is 3. The van der Waals surface area contributed by atoms with Crippen LogP contribution in [0.15, 0.2) is 35.4 Å². The molecule has 0 heterocycles. The van der Waals surface area contributed by atoms with Gasteiger partial charge in [-0.2, -0.15) is 18.2 Å². The maximum Gasteiger partial charge on any atom is 0.425 e. The van der Waals surface area contributed by atoms with E-state index in [4.69, 9.17) is 16.3 Å². The van der Waals surface area contributed by atoms with Crippen LogP contribution in [0, 0.1) is 11.6 Å². The van der Waals surface area contributed by atoms with Crippen LogP contribution in [0.1, 0.15) is 24.2 Å². The van der Waals surface area contributed by atoms with Crippen LogP contribution in [-0.4, -0.2) is 60.6 Å². The number of rotatable bonds is 9. The predicted molar refractivity (Wildman–Crippen MR) is 123 cm³/mol. The summed E-state index contributed by atoms with van der Waals surface area (Å²) in [5.41, 5.74) is -1.90. The van der Waals surface area contributed by atoms with Crippen molar-refractivity contribution < 1.29 is 41.4 Å². The highest BCUT2D eigenvalue weighted by Gasteiger charge is 2.39. The third-order valence-corrected chi connectivity index (χ3v) is 5.20. The summed E-state index contributed by atoms with van der Waals surface area (Å²) >= 11 is 5.87. The van der Waals surface area contributed by atoms with Crippen LogP contribution in [0.5, 0.6) is 5.75 Å². The second-order valence-corrected chi connectivity index (χ2v) is 7.70. The summed E-state index contributed by atoms with van der Waals surface area (Å²) in [5, 5.41) is 15.6. The van der Waals surface area contributed by atoms with Gasteiger partial charge in [-0.1, -0.05) is 17.7 Å². The van der Waals surface area contributed by atoms with Crippen molar-refractivity contribution in [3.8, 4) is 5.75 Å². The van der Waals surface area contributed by atoms with Gasteiger partial charge >= 0.3 is 6.18 Å². The number of hydrogen-bond acceptors (Lipinski definition) is 5. The van der Waals surface area contributed by atoms with E-state index >= 15 is 4.39 Å². The van der Waals surface area contributed by atoms with Gasteiger partial charge < -0.3 is 20.1 Å². The van der Waals surface area contributed by atoms with Gasteiger partial charge in [-0.05, 0) is 32.0 Å². The van der Waals surface area contributed by atoms with E-state index in [1.54, 1.807) is 6.92 Å². The standard InChI is InChI=1S/C22H22ClF5N4O4/c1-4-31(3)19(10-33)30-32(11-34)17-9-18(36-12(2)22(26,27)28)13(8-16(17)25)21(35)29-20-14(23)6-5-7-15(20)24/h5-9,11-12,33H,4,10H2,1-3H3,(H,29,35)/b30-19-. The number of amidine groups is 1. The van der Waals surface area contributed by atoms with Gasteiger partial charge in [-0.3, -0.25) is 9.59 Å². The molecule has 0 aliphatic heterocycles. The minimum absolute atomic E-state index is 0.0490. The molecule has 36 heavy (non-hydrogen) atoms. The molecule has 0 aromatic heterocycles. The molecule has 0 aliphatic carbocycles. The van der Waals surface area contributed by atoms with E-state index in [2.05, 4.69) is 10.4 Å². The molecular weight excluding hydrogens is 515 g/mol. The van der Waals surface area contributed by atoms with Crippen LogP contribution in [0.2, 0.25) is 5.02 Å². The topological polar surface area (TPSA) is 94.5 Å². The minimum Gasteiger partial charge on any atom is -0.480 e. The molecule has 0 aliphatic rings. The lowest BCUT2D eigenvalue weighted by molar-refractivity contribution is -0.189. The van der Waals surface area contributed by atoms with E-state index in [-0.39, 0.29) is 17.3 Å². The highest BCUT2D eigenvalue weighted by molar-refractivity contribution is 6.34. The number of nitrogens with one attached hydrogen (secondary N) is 1. The van der Waals surface area contributed by atoms with Gasteiger partial charge in [0.05, 0.1) is 16.3 Å². The van der Waals surface area contributed by atoms with Gasteiger partial charge in [0.15, 0.2) is 11.9 Å².